The molecule has 0 saturated carbocycles. The first-order valence-corrected chi connectivity index (χ1v) is 11.4. The van der Waals surface area contributed by atoms with Crippen LogP contribution < -0.4 is 14.4 Å². The van der Waals surface area contributed by atoms with Gasteiger partial charge in [-0.15, -0.1) is 11.8 Å². The third-order valence-corrected chi connectivity index (χ3v) is 5.69. The summed E-state index contributed by atoms with van der Waals surface area (Å²) in [4.78, 5) is 7.43. The molecule has 0 bridgehead atoms. The summed E-state index contributed by atoms with van der Waals surface area (Å²) in [6.07, 6.45) is 6.32. The highest BCUT2D eigenvalue weighted by Gasteiger charge is 2.23. The van der Waals surface area contributed by atoms with Crippen molar-refractivity contribution in [3.05, 3.63) is 35.5 Å². The van der Waals surface area contributed by atoms with Crippen LogP contribution in [0.15, 0.2) is 35.5 Å². The van der Waals surface area contributed by atoms with Crippen LogP contribution in [-0.4, -0.2) is 42.9 Å². The Hall–Kier alpha value is -2.05. The lowest BCUT2D eigenvalue weighted by atomic mass is 10.0. The maximum atomic E-state index is 6.26. The number of imidazole rings is 1. The number of rotatable bonds is 9. The number of halogens is 1. The average molecular weight is 434 g/mol. The molecule has 1 aromatic carbocycles. The van der Waals surface area contributed by atoms with E-state index in [0.29, 0.717) is 16.5 Å². The topological polar surface area (TPSA) is 39.0 Å². The Morgan fingerprint density at radius 1 is 1.10 bits per heavy atom. The van der Waals surface area contributed by atoms with Gasteiger partial charge in [-0.2, -0.15) is 0 Å². The quantitative estimate of drug-likeness (QED) is 0.386. The summed E-state index contributed by atoms with van der Waals surface area (Å²) in [6.45, 7) is 6.40. The highest BCUT2D eigenvalue weighted by atomic mass is 35.5. The molecule has 0 saturated heterocycles. The number of hydrogen-bond donors (Lipinski definition) is 0. The predicted octanol–water partition coefficient (Wildman–Crippen LogP) is 6.02. The van der Waals surface area contributed by atoms with Crippen molar-refractivity contribution in [1.82, 2.24) is 9.38 Å². The molecule has 5 nitrogen and oxygen atoms in total. The van der Waals surface area contributed by atoms with Crippen molar-refractivity contribution < 1.29 is 9.47 Å². The van der Waals surface area contributed by atoms with Gasteiger partial charge in [-0.1, -0.05) is 25.4 Å². The van der Waals surface area contributed by atoms with E-state index < -0.39 is 0 Å². The molecule has 29 heavy (non-hydrogen) atoms. The summed E-state index contributed by atoms with van der Waals surface area (Å²) in [5.74, 6) is 2.47. The number of hydrogen-bond acceptors (Lipinski definition) is 5. The van der Waals surface area contributed by atoms with Crippen molar-refractivity contribution >= 4 is 34.8 Å². The van der Waals surface area contributed by atoms with Gasteiger partial charge in [0.15, 0.2) is 0 Å². The van der Waals surface area contributed by atoms with E-state index in [1.807, 2.05) is 18.2 Å². The molecule has 0 N–H and O–H groups in total. The summed E-state index contributed by atoms with van der Waals surface area (Å²) < 4.78 is 13.5. The lowest BCUT2D eigenvalue weighted by Gasteiger charge is -2.24. The van der Waals surface area contributed by atoms with Crippen LogP contribution in [-0.2, 0) is 0 Å². The van der Waals surface area contributed by atoms with Crippen molar-refractivity contribution in [2.45, 2.75) is 31.7 Å². The van der Waals surface area contributed by atoms with Gasteiger partial charge in [-0.05, 0) is 43.4 Å². The second-order valence-electron chi connectivity index (χ2n) is 6.73. The number of anilines is 1. The zero-order valence-corrected chi connectivity index (χ0v) is 19.2. The van der Waals surface area contributed by atoms with E-state index >= 15 is 0 Å². The third-order valence-electron chi connectivity index (χ3n) is 4.81. The fraction of sp³-hybridized carbons (Fsp3) is 0.409. The first-order valence-electron chi connectivity index (χ1n) is 9.81. The lowest BCUT2D eigenvalue weighted by molar-refractivity contribution is 0.397. The normalized spacial score (nSPS) is 11.1. The van der Waals surface area contributed by atoms with Crippen molar-refractivity contribution in [2.75, 3.05) is 38.5 Å². The summed E-state index contributed by atoms with van der Waals surface area (Å²) in [7, 11) is 3.28. The lowest BCUT2D eigenvalue weighted by Crippen LogP contribution is -2.26. The predicted molar refractivity (Wildman–Crippen MR) is 123 cm³/mol. The molecule has 0 spiro atoms. The number of methoxy groups -OCH3 is 2. The van der Waals surface area contributed by atoms with Gasteiger partial charge >= 0.3 is 0 Å². The Labute approximate surface area is 182 Å². The molecule has 0 unspecified atom stereocenters. The largest absolute Gasteiger partial charge is 0.496 e. The van der Waals surface area contributed by atoms with Crippen molar-refractivity contribution in [3.8, 4) is 22.6 Å². The van der Waals surface area contributed by atoms with Gasteiger partial charge in [0.2, 0.25) is 0 Å². The Balaban J connectivity index is 2.31. The molecule has 0 radical (unpaired) electrons. The van der Waals surface area contributed by atoms with Crippen LogP contribution in [0, 0.1) is 0 Å². The van der Waals surface area contributed by atoms with Gasteiger partial charge in [-0.25, -0.2) is 4.98 Å². The van der Waals surface area contributed by atoms with Gasteiger partial charge in [-0.3, -0.25) is 4.40 Å². The fourth-order valence-electron chi connectivity index (χ4n) is 3.66. The zero-order chi connectivity index (χ0) is 21.0. The fourth-order valence-corrected chi connectivity index (χ4v) is 4.45. The van der Waals surface area contributed by atoms with Gasteiger partial charge in [0.25, 0.3) is 0 Å². The van der Waals surface area contributed by atoms with Crippen molar-refractivity contribution in [1.29, 1.82) is 0 Å². The Kier molecular flexibility index (Phi) is 7.19. The van der Waals surface area contributed by atoms with E-state index in [9.17, 15) is 0 Å². The number of aromatic nitrogens is 2. The minimum absolute atomic E-state index is 0.570. The van der Waals surface area contributed by atoms with E-state index in [4.69, 9.17) is 26.1 Å². The standard InChI is InChI=1S/C22H28ClN3O2S/c1-6-10-25(11-7-2)22-21(29-5)24-20-16(9-8-12-26(20)22)19-17(27-3)13-15(23)14-18(19)28-4/h8-9,12-14H,6-7,10-11H2,1-5H3. The van der Waals surface area contributed by atoms with Crippen LogP contribution in [0.1, 0.15) is 26.7 Å². The number of nitrogens with zero attached hydrogens (tertiary/aromatic N) is 3. The molecule has 0 amide bonds. The molecule has 0 atom stereocenters. The molecule has 3 aromatic rings. The Morgan fingerprint density at radius 3 is 2.24 bits per heavy atom. The number of ether oxygens (including phenoxy) is 2. The minimum Gasteiger partial charge on any atom is -0.496 e. The number of benzene rings is 1. The summed E-state index contributed by atoms with van der Waals surface area (Å²) in [6, 6.07) is 7.71. The molecular formula is C22H28ClN3O2S. The van der Waals surface area contributed by atoms with E-state index in [-0.39, 0.29) is 0 Å². The minimum atomic E-state index is 0.570. The molecule has 2 aromatic heterocycles. The number of fused-ring (bicyclic) bond motifs is 1. The second kappa shape index (κ2) is 9.63. The van der Waals surface area contributed by atoms with Gasteiger partial charge in [0.05, 0.1) is 19.8 Å². The third kappa shape index (κ3) is 4.14. The first-order chi connectivity index (χ1) is 14.1. The molecule has 2 heterocycles. The second-order valence-corrected chi connectivity index (χ2v) is 7.96. The maximum absolute atomic E-state index is 6.26. The molecule has 0 aliphatic heterocycles. The molecule has 3 rings (SSSR count). The number of pyridine rings is 1. The van der Waals surface area contributed by atoms with Crippen LogP contribution in [0.2, 0.25) is 5.02 Å². The molecule has 0 aliphatic rings. The van der Waals surface area contributed by atoms with Crippen molar-refractivity contribution in [3.63, 3.8) is 0 Å². The van der Waals surface area contributed by atoms with Crippen LogP contribution >= 0.6 is 23.4 Å². The summed E-state index contributed by atoms with van der Waals surface area (Å²) in [5, 5.41) is 1.59. The molecule has 7 heteroatoms. The van der Waals surface area contributed by atoms with E-state index in [0.717, 1.165) is 53.5 Å². The van der Waals surface area contributed by atoms with E-state index in [2.05, 4.69) is 41.7 Å². The Bertz CT molecular complexity index is 959. The Morgan fingerprint density at radius 2 is 1.72 bits per heavy atom. The van der Waals surface area contributed by atoms with Crippen molar-refractivity contribution in [2.24, 2.45) is 0 Å². The molecular weight excluding hydrogens is 406 g/mol. The number of thioether (sulfide) groups is 1. The summed E-state index contributed by atoms with van der Waals surface area (Å²) in [5.41, 5.74) is 2.68. The molecule has 0 fully saturated rings. The SMILES string of the molecule is CCCN(CCC)c1c(SC)nc2c(-c3c(OC)cc(Cl)cc3OC)cccn12. The van der Waals surface area contributed by atoms with Crippen LogP contribution in [0.25, 0.3) is 16.8 Å². The zero-order valence-electron chi connectivity index (χ0n) is 17.7. The van der Waals surface area contributed by atoms with E-state index in [1.54, 1.807) is 26.0 Å². The van der Waals surface area contributed by atoms with Crippen LogP contribution in [0.5, 0.6) is 11.5 Å². The summed E-state index contributed by atoms with van der Waals surface area (Å²) >= 11 is 7.93. The van der Waals surface area contributed by atoms with Gasteiger partial charge < -0.3 is 14.4 Å². The smallest absolute Gasteiger partial charge is 0.147 e. The highest BCUT2D eigenvalue weighted by Crippen LogP contribution is 2.43. The van der Waals surface area contributed by atoms with Crippen LogP contribution in [0.4, 0.5) is 5.82 Å². The first kappa shape index (κ1) is 21.7. The monoisotopic (exact) mass is 433 g/mol. The maximum Gasteiger partial charge on any atom is 0.147 e. The van der Waals surface area contributed by atoms with E-state index in [1.165, 1.54) is 0 Å². The average Bonchev–Trinajstić information content (AvgIpc) is 3.11. The molecule has 156 valence electrons. The highest BCUT2D eigenvalue weighted by molar-refractivity contribution is 7.98. The van der Waals surface area contributed by atoms with Gasteiger partial charge in [0, 0.05) is 29.9 Å². The molecule has 0 aliphatic carbocycles. The van der Waals surface area contributed by atoms with Gasteiger partial charge in [0.1, 0.15) is 28.0 Å². The van der Waals surface area contributed by atoms with Crippen LogP contribution in [0.3, 0.4) is 0 Å².